The molecule has 0 heterocycles. The molecule has 0 aliphatic rings. The van der Waals surface area contributed by atoms with Gasteiger partial charge in [-0.3, -0.25) is 5.43 Å². The molecule has 0 rings (SSSR count). The predicted octanol–water partition coefficient (Wildman–Crippen LogP) is -1.64. The van der Waals surface area contributed by atoms with E-state index in [1.807, 2.05) is 5.43 Å². The van der Waals surface area contributed by atoms with Crippen molar-refractivity contribution in [2.24, 2.45) is 5.73 Å². The van der Waals surface area contributed by atoms with Crippen molar-refractivity contribution in [1.29, 1.82) is 0 Å². The summed E-state index contributed by atoms with van der Waals surface area (Å²) in [4.78, 5) is 19.3. The minimum atomic E-state index is -0.702. The van der Waals surface area contributed by atoms with Crippen molar-refractivity contribution in [3.8, 4) is 0 Å². The lowest BCUT2D eigenvalue weighted by atomic mass is 10.8. The summed E-state index contributed by atoms with van der Waals surface area (Å²) in [7, 11) is 0. The average molecular weight is 117 g/mol. The van der Waals surface area contributed by atoms with Gasteiger partial charge in [0.05, 0.1) is 6.54 Å². The lowest BCUT2D eigenvalue weighted by molar-refractivity contribution is -0.107. The number of aldehydes is 1. The number of carbonyl (C=O) groups excluding carboxylic acids is 2. The van der Waals surface area contributed by atoms with E-state index in [-0.39, 0.29) is 6.54 Å². The van der Waals surface area contributed by atoms with Gasteiger partial charge < -0.3 is 10.5 Å². The van der Waals surface area contributed by atoms with Crippen LogP contribution in [-0.4, -0.2) is 18.9 Å². The molecule has 0 saturated heterocycles. The molecule has 0 aromatic carbocycles. The molecule has 0 aliphatic heterocycles. The molecule has 0 spiro atoms. The Kier molecular flexibility index (Phi) is 3.51. The molecule has 0 atom stereocenters. The standard InChI is InChI=1S/C3H7N3O2/c4-3(8)6-5-1-2-7/h2,5H,1H2,(H3,4,6,8). The second-order valence-electron chi connectivity index (χ2n) is 1.04. The third kappa shape index (κ3) is 4.90. The summed E-state index contributed by atoms with van der Waals surface area (Å²) < 4.78 is 0. The van der Waals surface area contributed by atoms with Gasteiger partial charge in [-0.05, 0) is 0 Å². The lowest BCUT2D eigenvalue weighted by Gasteiger charge is -1.96. The molecular formula is C3H7N3O2. The topological polar surface area (TPSA) is 84.2 Å². The molecule has 0 fully saturated rings. The highest BCUT2D eigenvalue weighted by molar-refractivity contribution is 5.71. The maximum atomic E-state index is 9.81. The maximum absolute atomic E-state index is 9.81. The number of amides is 2. The van der Waals surface area contributed by atoms with Crippen molar-refractivity contribution < 1.29 is 9.59 Å². The second kappa shape index (κ2) is 4.07. The zero-order valence-electron chi connectivity index (χ0n) is 4.18. The summed E-state index contributed by atoms with van der Waals surface area (Å²) in [5.41, 5.74) is 8.85. The van der Waals surface area contributed by atoms with E-state index in [4.69, 9.17) is 0 Å². The van der Waals surface area contributed by atoms with E-state index in [9.17, 15) is 9.59 Å². The number of hydrogen-bond donors (Lipinski definition) is 3. The van der Waals surface area contributed by atoms with E-state index in [2.05, 4.69) is 11.2 Å². The number of urea groups is 1. The average Bonchev–Trinajstić information content (AvgIpc) is 1.66. The van der Waals surface area contributed by atoms with Crippen LogP contribution in [0.5, 0.6) is 0 Å². The Morgan fingerprint density at radius 3 is 2.75 bits per heavy atom. The Hall–Kier alpha value is -1.10. The molecule has 46 valence electrons. The summed E-state index contributed by atoms with van der Waals surface area (Å²) in [6.45, 7) is 0.0724. The largest absolute Gasteiger partial charge is 0.351 e. The first-order chi connectivity index (χ1) is 3.77. The van der Waals surface area contributed by atoms with Gasteiger partial charge in [-0.25, -0.2) is 10.2 Å². The highest BCUT2D eigenvalue weighted by atomic mass is 16.2. The molecule has 0 bridgehead atoms. The quantitative estimate of drug-likeness (QED) is 0.235. The van der Waals surface area contributed by atoms with E-state index >= 15 is 0 Å². The first-order valence-corrected chi connectivity index (χ1v) is 1.99. The lowest BCUT2D eigenvalue weighted by Crippen LogP contribution is -2.41. The van der Waals surface area contributed by atoms with Crippen molar-refractivity contribution in [2.75, 3.05) is 6.54 Å². The molecule has 4 N–H and O–H groups in total. The number of nitrogens with one attached hydrogen (secondary N) is 2. The third-order valence-corrected chi connectivity index (χ3v) is 0.397. The van der Waals surface area contributed by atoms with Crippen LogP contribution in [0.15, 0.2) is 0 Å². The minimum absolute atomic E-state index is 0.0724. The predicted molar refractivity (Wildman–Crippen MR) is 26.8 cm³/mol. The minimum Gasteiger partial charge on any atom is -0.351 e. The molecule has 0 unspecified atom stereocenters. The Labute approximate surface area is 46.2 Å². The fraction of sp³-hybridized carbons (Fsp3) is 0.333. The van der Waals surface area contributed by atoms with Crippen molar-refractivity contribution in [2.45, 2.75) is 0 Å². The van der Waals surface area contributed by atoms with Gasteiger partial charge >= 0.3 is 6.03 Å². The van der Waals surface area contributed by atoms with Crippen LogP contribution in [0, 0.1) is 0 Å². The summed E-state index contributed by atoms with van der Waals surface area (Å²) in [6, 6.07) is -0.702. The van der Waals surface area contributed by atoms with Crippen LogP contribution in [0.2, 0.25) is 0 Å². The molecular weight excluding hydrogens is 110 g/mol. The Morgan fingerprint density at radius 2 is 2.38 bits per heavy atom. The molecule has 2 amide bonds. The molecule has 8 heavy (non-hydrogen) atoms. The summed E-state index contributed by atoms with van der Waals surface area (Å²) in [6.07, 6.45) is 0.607. The summed E-state index contributed by atoms with van der Waals surface area (Å²) in [5.74, 6) is 0. The highest BCUT2D eigenvalue weighted by Crippen LogP contribution is 1.45. The Bertz CT molecular complexity index is 92.5. The molecule has 0 saturated carbocycles. The number of rotatable bonds is 3. The van der Waals surface area contributed by atoms with E-state index < -0.39 is 6.03 Å². The van der Waals surface area contributed by atoms with Crippen LogP contribution in [0.4, 0.5) is 4.79 Å². The number of primary amides is 1. The number of hydrazine groups is 1. The van der Waals surface area contributed by atoms with Gasteiger partial charge in [0.25, 0.3) is 0 Å². The van der Waals surface area contributed by atoms with E-state index in [1.54, 1.807) is 0 Å². The van der Waals surface area contributed by atoms with Gasteiger partial charge in [0.1, 0.15) is 6.29 Å². The third-order valence-electron chi connectivity index (χ3n) is 0.397. The van der Waals surface area contributed by atoms with E-state index in [0.717, 1.165) is 0 Å². The molecule has 5 nitrogen and oxygen atoms in total. The molecule has 0 aromatic heterocycles. The van der Waals surface area contributed by atoms with Crippen LogP contribution in [0.3, 0.4) is 0 Å². The van der Waals surface area contributed by atoms with Gasteiger partial charge in [0, 0.05) is 0 Å². The second-order valence-corrected chi connectivity index (χ2v) is 1.04. The van der Waals surface area contributed by atoms with Gasteiger partial charge in [-0.2, -0.15) is 0 Å². The fourth-order valence-corrected chi connectivity index (χ4v) is 0.180. The number of hydrogen-bond acceptors (Lipinski definition) is 3. The normalized spacial score (nSPS) is 8.00. The van der Waals surface area contributed by atoms with Crippen molar-refractivity contribution in [3.63, 3.8) is 0 Å². The van der Waals surface area contributed by atoms with Gasteiger partial charge in [0.15, 0.2) is 0 Å². The van der Waals surface area contributed by atoms with Crippen molar-refractivity contribution in [3.05, 3.63) is 0 Å². The van der Waals surface area contributed by atoms with Crippen LogP contribution in [0.1, 0.15) is 0 Å². The number of nitrogens with two attached hydrogens (primary N) is 1. The van der Waals surface area contributed by atoms with Gasteiger partial charge in [-0.15, -0.1) is 0 Å². The Morgan fingerprint density at radius 1 is 1.75 bits per heavy atom. The van der Waals surface area contributed by atoms with Crippen molar-refractivity contribution >= 4 is 12.3 Å². The van der Waals surface area contributed by atoms with Crippen molar-refractivity contribution in [1.82, 2.24) is 10.9 Å². The van der Waals surface area contributed by atoms with Crippen LogP contribution >= 0.6 is 0 Å². The highest BCUT2D eigenvalue weighted by Gasteiger charge is 1.84. The zero-order valence-corrected chi connectivity index (χ0v) is 4.18. The van der Waals surface area contributed by atoms with Crippen LogP contribution in [-0.2, 0) is 4.79 Å². The van der Waals surface area contributed by atoms with Crippen LogP contribution < -0.4 is 16.6 Å². The molecule has 0 radical (unpaired) electrons. The molecule has 0 aromatic rings. The summed E-state index contributed by atoms with van der Waals surface area (Å²) >= 11 is 0. The van der Waals surface area contributed by atoms with Gasteiger partial charge in [0.2, 0.25) is 0 Å². The van der Waals surface area contributed by atoms with E-state index in [0.29, 0.717) is 6.29 Å². The zero-order chi connectivity index (χ0) is 6.41. The number of carbonyl (C=O) groups is 2. The first kappa shape index (κ1) is 6.90. The van der Waals surface area contributed by atoms with Crippen LogP contribution in [0.25, 0.3) is 0 Å². The molecule has 5 heteroatoms. The smallest absolute Gasteiger partial charge is 0.326 e. The maximum Gasteiger partial charge on any atom is 0.326 e. The molecule has 0 aliphatic carbocycles. The monoisotopic (exact) mass is 117 g/mol. The first-order valence-electron chi connectivity index (χ1n) is 1.99. The fourth-order valence-electron chi connectivity index (χ4n) is 0.180. The van der Waals surface area contributed by atoms with Gasteiger partial charge in [-0.1, -0.05) is 0 Å². The van der Waals surface area contributed by atoms with E-state index in [1.165, 1.54) is 0 Å². The SMILES string of the molecule is NC(=O)NNCC=O. The Balaban J connectivity index is 2.93. The summed E-state index contributed by atoms with van der Waals surface area (Å²) in [5, 5.41) is 0.